The first-order valence-corrected chi connectivity index (χ1v) is 7.25. The molecular formula is C14H17ClN2O3. The van der Waals surface area contributed by atoms with Crippen molar-refractivity contribution < 1.29 is 14.3 Å². The summed E-state index contributed by atoms with van der Waals surface area (Å²) in [6.07, 6.45) is 6.40. The quantitative estimate of drug-likeness (QED) is 0.908. The number of carbonyl (C=O) groups is 1. The SMILES string of the molecule is O=C(NC1CCC2(CC1)OCCO2)c1ccncc1Cl. The maximum atomic E-state index is 12.2. The molecule has 2 heterocycles. The van der Waals surface area contributed by atoms with E-state index in [-0.39, 0.29) is 11.9 Å². The van der Waals surface area contributed by atoms with Crippen molar-refractivity contribution in [2.75, 3.05) is 13.2 Å². The van der Waals surface area contributed by atoms with Gasteiger partial charge in [0.05, 0.1) is 23.8 Å². The zero-order chi connectivity index (χ0) is 14.0. The van der Waals surface area contributed by atoms with E-state index in [9.17, 15) is 4.79 Å². The molecule has 1 N–H and O–H groups in total. The van der Waals surface area contributed by atoms with Crippen LogP contribution in [-0.4, -0.2) is 35.9 Å². The summed E-state index contributed by atoms with van der Waals surface area (Å²) in [5.41, 5.74) is 0.468. The van der Waals surface area contributed by atoms with Gasteiger partial charge in [-0.1, -0.05) is 11.6 Å². The lowest BCUT2D eigenvalue weighted by molar-refractivity contribution is -0.179. The van der Waals surface area contributed by atoms with Crippen molar-refractivity contribution in [3.8, 4) is 0 Å². The number of aromatic nitrogens is 1. The highest BCUT2D eigenvalue weighted by Crippen LogP contribution is 2.35. The van der Waals surface area contributed by atoms with Crippen LogP contribution in [0.2, 0.25) is 5.02 Å². The van der Waals surface area contributed by atoms with Crippen LogP contribution in [-0.2, 0) is 9.47 Å². The summed E-state index contributed by atoms with van der Waals surface area (Å²) in [5, 5.41) is 3.39. The number of nitrogens with one attached hydrogen (secondary N) is 1. The second kappa shape index (κ2) is 5.68. The van der Waals surface area contributed by atoms with Gasteiger partial charge in [-0.05, 0) is 18.9 Å². The summed E-state index contributed by atoms with van der Waals surface area (Å²) in [6, 6.07) is 1.77. The number of ether oxygens (including phenoxy) is 2. The monoisotopic (exact) mass is 296 g/mol. The van der Waals surface area contributed by atoms with Crippen LogP contribution in [0.1, 0.15) is 36.0 Å². The molecule has 1 aromatic heterocycles. The number of rotatable bonds is 2. The first-order chi connectivity index (χ1) is 9.69. The molecule has 1 spiro atoms. The topological polar surface area (TPSA) is 60.5 Å². The predicted octanol–water partition coefficient (Wildman–Crippen LogP) is 2.15. The van der Waals surface area contributed by atoms with Gasteiger partial charge in [-0.25, -0.2) is 0 Å². The Kier molecular flexibility index (Phi) is 3.92. The first-order valence-electron chi connectivity index (χ1n) is 6.87. The van der Waals surface area contributed by atoms with Crippen LogP contribution in [0, 0.1) is 0 Å². The highest BCUT2D eigenvalue weighted by Gasteiger charge is 2.40. The van der Waals surface area contributed by atoms with E-state index in [1.807, 2.05) is 0 Å². The van der Waals surface area contributed by atoms with Gasteiger partial charge in [0.15, 0.2) is 5.79 Å². The molecule has 2 fully saturated rings. The second-order valence-corrected chi connectivity index (χ2v) is 5.62. The molecule has 0 unspecified atom stereocenters. The van der Waals surface area contributed by atoms with Gasteiger partial charge in [0.25, 0.3) is 5.91 Å². The Balaban J connectivity index is 1.57. The molecule has 0 aromatic carbocycles. The van der Waals surface area contributed by atoms with E-state index in [4.69, 9.17) is 21.1 Å². The van der Waals surface area contributed by atoms with Gasteiger partial charge in [0.2, 0.25) is 0 Å². The van der Waals surface area contributed by atoms with Gasteiger partial charge >= 0.3 is 0 Å². The minimum atomic E-state index is -0.393. The molecule has 108 valence electrons. The Bertz CT molecular complexity index is 493. The maximum Gasteiger partial charge on any atom is 0.253 e. The van der Waals surface area contributed by atoms with E-state index in [1.54, 1.807) is 12.3 Å². The van der Waals surface area contributed by atoms with Crippen LogP contribution in [0.15, 0.2) is 18.5 Å². The number of carbonyl (C=O) groups excluding carboxylic acids is 1. The van der Waals surface area contributed by atoms with Crippen LogP contribution < -0.4 is 5.32 Å². The van der Waals surface area contributed by atoms with E-state index in [0.29, 0.717) is 23.8 Å². The van der Waals surface area contributed by atoms with Gasteiger partial charge in [-0.3, -0.25) is 9.78 Å². The van der Waals surface area contributed by atoms with Crippen molar-refractivity contribution >= 4 is 17.5 Å². The molecule has 2 aliphatic rings. The van der Waals surface area contributed by atoms with Gasteiger partial charge in [0.1, 0.15) is 0 Å². The molecular weight excluding hydrogens is 280 g/mol. The molecule has 1 aliphatic heterocycles. The van der Waals surface area contributed by atoms with Crippen LogP contribution in [0.5, 0.6) is 0 Å². The van der Waals surface area contributed by atoms with Crippen molar-refractivity contribution in [1.82, 2.24) is 10.3 Å². The molecule has 5 nitrogen and oxygen atoms in total. The maximum absolute atomic E-state index is 12.2. The number of hydrogen-bond donors (Lipinski definition) is 1. The lowest BCUT2D eigenvalue weighted by Crippen LogP contribution is -2.44. The zero-order valence-corrected chi connectivity index (χ0v) is 11.9. The summed E-state index contributed by atoms with van der Waals surface area (Å²) in [5.74, 6) is -0.540. The molecule has 1 amide bonds. The van der Waals surface area contributed by atoms with Crippen molar-refractivity contribution in [2.45, 2.75) is 37.5 Å². The second-order valence-electron chi connectivity index (χ2n) is 5.21. The summed E-state index contributed by atoms with van der Waals surface area (Å²) >= 11 is 5.97. The Morgan fingerprint density at radius 3 is 2.70 bits per heavy atom. The van der Waals surface area contributed by atoms with Crippen LogP contribution >= 0.6 is 11.6 Å². The normalized spacial score (nSPS) is 22.1. The van der Waals surface area contributed by atoms with Crippen LogP contribution in [0.4, 0.5) is 0 Å². The first kappa shape index (κ1) is 13.8. The lowest BCUT2D eigenvalue weighted by Gasteiger charge is -2.35. The summed E-state index contributed by atoms with van der Waals surface area (Å²) in [7, 11) is 0. The molecule has 1 saturated heterocycles. The minimum Gasteiger partial charge on any atom is -0.349 e. The summed E-state index contributed by atoms with van der Waals surface area (Å²) in [6.45, 7) is 1.34. The average molecular weight is 297 g/mol. The largest absolute Gasteiger partial charge is 0.349 e. The Morgan fingerprint density at radius 1 is 1.35 bits per heavy atom. The van der Waals surface area contributed by atoms with E-state index in [1.165, 1.54) is 6.20 Å². The minimum absolute atomic E-state index is 0.144. The third-order valence-corrected chi connectivity index (χ3v) is 4.21. The van der Waals surface area contributed by atoms with Crippen molar-refractivity contribution in [3.05, 3.63) is 29.0 Å². The highest BCUT2D eigenvalue weighted by atomic mass is 35.5. The molecule has 1 aliphatic carbocycles. The van der Waals surface area contributed by atoms with E-state index in [2.05, 4.69) is 10.3 Å². The Morgan fingerprint density at radius 2 is 2.05 bits per heavy atom. The van der Waals surface area contributed by atoms with Crippen molar-refractivity contribution in [1.29, 1.82) is 0 Å². The molecule has 0 radical (unpaired) electrons. The van der Waals surface area contributed by atoms with Crippen LogP contribution in [0.25, 0.3) is 0 Å². The Hall–Kier alpha value is -1.17. The molecule has 20 heavy (non-hydrogen) atoms. The highest BCUT2D eigenvalue weighted by molar-refractivity contribution is 6.33. The number of halogens is 1. The summed E-state index contributed by atoms with van der Waals surface area (Å²) in [4.78, 5) is 16.0. The predicted molar refractivity (Wildman–Crippen MR) is 73.6 cm³/mol. The van der Waals surface area contributed by atoms with E-state index in [0.717, 1.165) is 25.7 Å². The van der Waals surface area contributed by atoms with E-state index >= 15 is 0 Å². The van der Waals surface area contributed by atoms with Crippen LogP contribution in [0.3, 0.4) is 0 Å². The summed E-state index contributed by atoms with van der Waals surface area (Å²) < 4.78 is 11.3. The fourth-order valence-electron chi connectivity index (χ4n) is 2.81. The zero-order valence-electron chi connectivity index (χ0n) is 11.1. The van der Waals surface area contributed by atoms with E-state index < -0.39 is 5.79 Å². The van der Waals surface area contributed by atoms with Gasteiger partial charge in [-0.2, -0.15) is 0 Å². The molecule has 0 atom stereocenters. The number of hydrogen-bond acceptors (Lipinski definition) is 4. The van der Waals surface area contributed by atoms with Crippen molar-refractivity contribution in [2.24, 2.45) is 0 Å². The molecule has 3 rings (SSSR count). The third-order valence-electron chi connectivity index (χ3n) is 3.91. The number of pyridine rings is 1. The standard InChI is InChI=1S/C14H17ClN2O3/c15-12-9-16-6-3-11(12)13(18)17-10-1-4-14(5-2-10)19-7-8-20-14/h3,6,9-10H,1-2,4-5,7-8H2,(H,17,18). The smallest absolute Gasteiger partial charge is 0.253 e. The van der Waals surface area contributed by atoms with Gasteiger partial charge < -0.3 is 14.8 Å². The van der Waals surface area contributed by atoms with Gasteiger partial charge in [-0.15, -0.1) is 0 Å². The number of nitrogens with zero attached hydrogens (tertiary/aromatic N) is 1. The molecule has 6 heteroatoms. The molecule has 0 bridgehead atoms. The fourth-order valence-corrected chi connectivity index (χ4v) is 3.02. The molecule has 1 aromatic rings. The third kappa shape index (κ3) is 2.80. The lowest BCUT2D eigenvalue weighted by atomic mass is 9.90. The van der Waals surface area contributed by atoms with Gasteiger partial charge in [0, 0.05) is 31.3 Å². The number of amides is 1. The van der Waals surface area contributed by atoms with Crippen molar-refractivity contribution in [3.63, 3.8) is 0 Å². The average Bonchev–Trinajstić information content (AvgIpc) is 2.90. The molecule has 1 saturated carbocycles. The fraction of sp³-hybridized carbons (Fsp3) is 0.571. The Labute approximate surface area is 122 Å².